The lowest BCUT2D eigenvalue weighted by molar-refractivity contribution is 0.260. The zero-order chi connectivity index (χ0) is 12.0. The lowest BCUT2D eigenvalue weighted by atomic mass is 10.1. The summed E-state index contributed by atoms with van der Waals surface area (Å²) in [7, 11) is 0. The second-order valence-electron chi connectivity index (χ2n) is 3.98. The second-order valence-corrected chi connectivity index (χ2v) is 4.39. The van der Waals surface area contributed by atoms with Crippen molar-refractivity contribution in [2.45, 2.75) is 19.9 Å². The first-order valence-electron chi connectivity index (χ1n) is 5.39. The Labute approximate surface area is 100 Å². The average Bonchev–Trinajstić information content (AvgIpc) is 2.23. The Hall–Kier alpha value is -0.640. The lowest BCUT2D eigenvalue weighted by Crippen LogP contribution is -2.21. The van der Waals surface area contributed by atoms with Gasteiger partial charge in [-0.1, -0.05) is 18.5 Å². The lowest BCUT2D eigenvalue weighted by Gasteiger charge is -2.11. The summed E-state index contributed by atoms with van der Waals surface area (Å²) < 4.78 is 12.9. The van der Waals surface area contributed by atoms with E-state index in [0.29, 0.717) is 17.5 Å². The number of hydrogen-bond acceptors (Lipinski definition) is 2. The van der Waals surface area contributed by atoms with E-state index in [2.05, 4.69) is 12.2 Å². The van der Waals surface area contributed by atoms with Crippen LogP contribution in [0.1, 0.15) is 18.9 Å². The van der Waals surface area contributed by atoms with Crippen LogP contribution in [0.5, 0.6) is 0 Å². The molecule has 0 radical (unpaired) electrons. The van der Waals surface area contributed by atoms with E-state index in [1.165, 1.54) is 12.1 Å². The first-order valence-corrected chi connectivity index (χ1v) is 5.76. The molecule has 1 aromatic carbocycles. The molecule has 90 valence electrons. The van der Waals surface area contributed by atoms with Crippen LogP contribution >= 0.6 is 11.6 Å². The summed E-state index contributed by atoms with van der Waals surface area (Å²) in [5.74, 6) is 0.127. The summed E-state index contributed by atoms with van der Waals surface area (Å²) in [5, 5.41) is 12.5. The first kappa shape index (κ1) is 13.4. The highest BCUT2D eigenvalue weighted by atomic mass is 35.5. The molecule has 0 heterocycles. The summed E-state index contributed by atoms with van der Waals surface area (Å²) in [6.45, 7) is 3.58. The molecule has 0 saturated carbocycles. The van der Waals surface area contributed by atoms with Gasteiger partial charge in [0.25, 0.3) is 0 Å². The first-order chi connectivity index (χ1) is 7.63. The van der Waals surface area contributed by atoms with Crippen molar-refractivity contribution in [1.29, 1.82) is 0 Å². The molecular weight excluding hydrogens is 229 g/mol. The molecule has 2 nitrogen and oxygen atoms in total. The number of aliphatic hydroxyl groups excluding tert-OH is 1. The van der Waals surface area contributed by atoms with E-state index in [9.17, 15) is 4.39 Å². The zero-order valence-corrected chi connectivity index (χ0v) is 10.1. The van der Waals surface area contributed by atoms with E-state index in [1.54, 1.807) is 6.07 Å². The van der Waals surface area contributed by atoms with E-state index in [-0.39, 0.29) is 12.4 Å². The molecule has 0 aliphatic carbocycles. The van der Waals surface area contributed by atoms with Gasteiger partial charge in [0.15, 0.2) is 0 Å². The Balaban J connectivity index is 2.39. The van der Waals surface area contributed by atoms with E-state index < -0.39 is 0 Å². The van der Waals surface area contributed by atoms with Gasteiger partial charge >= 0.3 is 0 Å². The summed E-state index contributed by atoms with van der Waals surface area (Å²) in [6, 6.07) is 4.34. The second kappa shape index (κ2) is 6.84. The Morgan fingerprint density at radius 3 is 2.94 bits per heavy atom. The molecule has 16 heavy (non-hydrogen) atoms. The van der Waals surface area contributed by atoms with Crippen LogP contribution in [0.3, 0.4) is 0 Å². The third-order valence-electron chi connectivity index (χ3n) is 2.44. The SMILES string of the molecule is CC(CCO)CNCc1cc(F)ccc1Cl. The van der Waals surface area contributed by atoms with Crippen molar-refractivity contribution in [2.75, 3.05) is 13.2 Å². The molecule has 0 bridgehead atoms. The quantitative estimate of drug-likeness (QED) is 0.808. The van der Waals surface area contributed by atoms with Gasteiger partial charge in [-0.2, -0.15) is 0 Å². The number of aliphatic hydroxyl groups is 1. The summed E-state index contributed by atoms with van der Waals surface area (Å²) in [4.78, 5) is 0. The van der Waals surface area contributed by atoms with Gasteiger partial charge in [-0.05, 0) is 42.6 Å². The largest absolute Gasteiger partial charge is 0.396 e. The molecule has 1 atom stereocenters. The van der Waals surface area contributed by atoms with Crippen molar-refractivity contribution in [3.8, 4) is 0 Å². The highest BCUT2D eigenvalue weighted by molar-refractivity contribution is 6.31. The van der Waals surface area contributed by atoms with Gasteiger partial charge in [-0.3, -0.25) is 0 Å². The normalized spacial score (nSPS) is 12.8. The van der Waals surface area contributed by atoms with E-state index in [1.807, 2.05) is 0 Å². The van der Waals surface area contributed by atoms with Gasteiger partial charge in [0.2, 0.25) is 0 Å². The van der Waals surface area contributed by atoms with Crippen LogP contribution in [-0.2, 0) is 6.54 Å². The van der Waals surface area contributed by atoms with Crippen LogP contribution in [0.2, 0.25) is 5.02 Å². The van der Waals surface area contributed by atoms with Crippen LogP contribution in [0.25, 0.3) is 0 Å². The Bertz CT molecular complexity index is 333. The minimum Gasteiger partial charge on any atom is -0.396 e. The molecule has 1 aromatic rings. The van der Waals surface area contributed by atoms with Gasteiger partial charge < -0.3 is 10.4 Å². The molecule has 1 rings (SSSR count). The van der Waals surface area contributed by atoms with Crippen molar-refractivity contribution >= 4 is 11.6 Å². The van der Waals surface area contributed by atoms with Crippen LogP contribution in [0.4, 0.5) is 4.39 Å². The summed E-state index contributed by atoms with van der Waals surface area (Å²) in [6.07, 6.45) is 0.768. The van der Waals surface area contributed by atoms with Gasteiger partial charge in [0, 0.05) is 18.2 Å². The fourth-order valence-electron chi connectivity index (χ4n) is 1.45. The maximum absolute atomic E-state index is 12.9. The number of rotatable bonds is 6. The number of benzene rings is 1. The average molecular weight is 246 g/mol. The molecule has 0 amide bonds. The fraction of sp³-hybridized carbons (Fsp3) is 0.500. The Morgan fingerprint density at radius 1 is 1.50 bits per heavy atom. The molecule has 4 heteroatoms. The smallest absolute Gasteiger partial charge is 0.123 e. The minimum atomic E-state index is -0.274. The van der Waals surface area contributed by atoms with Crippen LogP contribution < -0.4 is 5.32 Å². The molecule has 2 N–H and O–H groups in total. The fourth-order valence-corrected chi connectivity index (χ4v) is 1.64. The van der Waals surface area contributed by atoms with Crippen LogP contribution in [-0.4, -0.2) is 18.3 Å². The standard InChI is InChI=1S/C12H17ClFNO/c1-9(4-5-16)7-15-8-10-6-11(14)2-3-12(10)13/h2-3,6,9,15-16H,4-5,7-8H2,1H3. The third-order valence-corrected chi connectivity index (χ3v) is 2.81. The van der Waals surface area contributed by atoms with Crippen molar-refractivity contribution in [3.05, 3.63) is 34.6 Å². The van der Waals surface area contributed by atoms with Gasteiger partial charge in [0.05, 0.1) is 0 Å². The minimum absolute atomic E-state index is 0.198. The van der Waals surface area contributed by atoms with Gasteiger partial charge in [0.1, 0.15) is 5.82 Å². The Kier molecular flexibility index (Phi) is 5.74. The predicted octanol–water partition coefficient (Wildman–Crippen LogP) is 2.59. The number of nitrogens with one attached hydrogen (secondary N) is 1. The highest BCUT2D eigenvalue weighted by Crippen LogP contribution is 2.16. The molecule has 0 aromatic heterocycles. The van der Waals surface area contributed by atoms with Gasteiger partial charge in [-0.15, -0.1) is 0 Å². The molecule has 0 aliphatic heterocycles. The summed E-state index contributed by atoms with van der Waals surface area (Å²) in [5.41, 5.74) is 0.762. The van der Waals surface area contributed by atoms with E-state index in [0.717, 1.165) is 18.5 Å². The summed E-state index contributed by atoms with van der Waals surface area (Å²) >= 11 is 5.93. The maximum atomic E-state index is 12.9. The van der Waals surface area contributed by atoms with E-state index in [4.69, 9.17) is 16.7 Å². The molecule has 0 fully saturated rings. The van der Waals surface area contributed by atoms with E-state index >= 15 is 0 Å². The molecule has 0 aliphatic rings. The van der Waals surface area contributed by atoms with Crippen LogP contribution in [0.15, 0.2) is 18.2 Å². The van der Waals surface area contributed by atoms with Crippen molar-refractivity contribution in [2.24, 2.45) is 5.92 Å². The van der Waals surface area contributed by atoms with Crippen molar-refractivity contribution in [1.82, 2.24) is 5.32 Å². The van der Waals surface area contributed by atoms with Gasteiger partial charge in [-0.25, -0.2) is 4.39 Å². The van der Waals surface area contributed by atoms with Crippen LogP contribution in [0, 0.1) is 11.7 Å². The highest BCUT2D eigenvalue weighted by Gasteiger charge is 2.04. The maximum Gasteiger partial charge on any atom is 0.123 e. The number of hydrogen-bond donors (Lipinski definition) is 2. The monoisotopic (exact) mass is 245 g/mol. The molecule has 1 unspecified atom stereocenters. The topological polar surface area (TPSA) is 32.3 Å². The Morgan fingerprint density at radius 2 is 2.25 bits per heavy atom. The molecule has 0 saturated heterocycles. The number of halogens is 2. The molecule has 0 spiro atoms. The predicted molar refractivity (Wildman–Crippen MR) is 64.0 cm³/mol. The van der Waals surface area contributed by atoms with Crippen molar-refractivity contribution < 1.29 is 9.50 Å². The molecular formula is C12H17ClFNO. The third kappa shape index (κ3) is 4.47. The van der Waals surface area contributed by atoms with Crippen molar-refractivity contribution in [3.63, 3.8) is 0 Å². The zero-order valence-electron chi connectivity index (χ0n) is 9.34.